The number of anilines is 1. The van der Waals surface area contributed by atoms with E-state index in [-0.39, 0.29) is 11.9 Å². The maximum absolute atomic E-state index is 13.0. The van der Waals surface area contributed by atoms with Crippen LogP contribution in [0, 0.1) is 0 Å². The largest absolute Gasteiger partial charge is 0.317 e. The van der Waals surface area contributed by atoms with Crippen LogP contribution in [0.2, 0.25) is 0 Å². The van der Waals surface area contributed by atoms with Crippen molar-refractivity contribution >= 4 is 43.8 Å². The minimum atomic E-state index is 0.0288. The topological polar surface area (TPSA) is 70.2 Å². The summed E-state index contributed by atoms with van der Waals surface area (Å²) >= 11 is 3.43. The van der Waals surface area contributed by atoms with E-state index in [0.29, 0.717) is 19.0 Å². The number of para-hydroxylation sites is 1. The average Bonchev–Trinajstić information content (AvgIpc) is 3.44. The van der Waals surface area contributed by atoms with Crippen molar-refractivity contribution in [1.29, 1.82) is 0 Å². The molecule has 5 rings (SSSR count). The minimum Gasteiger partial charge on any atom is -0.317 e. The zero-order valence-corrected chi connectivity index (χ0v) is 22.0. The number of rotatable bonds is 8. The first kappa shape index (κ1) is 24.1. The second kappa shape index (κ2) is 10.5. The fraction of sp³-hybridized carbons (Fsp3) is 0.370. The molecule has 0 aliphatic carbocycles. The highest BCUT2D eigenvalue weighted by molar-refractivity contribution is 7.22. The van der Waals surface area contributed by atoms with Crippen molar-refractivity contribution < 1.29 is 4.79 Å². The quantitative estimate of drug-likeness (QED) is 0.314. The van der Waals surface area contributed by atoms with Crippen molar-refractivity contribution in [1.82, 2.24) is 20.2 Å². The molecule has 1 unspecified atom stereocenters. The van der Waals surface area contributed by atoms with E-state index in [1.165, 1.54) is 20.7 Å². The minimum absolute atomic E-state index is 0.0288. The Labute approximate surface area is 214 Å². The molecule has 0 saturated carbocycles. The van der Waals surface area contributed by atoms with Gasteiger partial charge in [0.2, 0.25) is 5.91 Å². The van der Waals surface area contributed by atoms with E-state index < -0.39 is 0 Å². The number of nitrogens with one attached hydrogen (secondary N) is 2. The number of nitrogens with zero attached hydrogens (tertiary/aromatic N) is 3. The van der Waals surface area contributed by atoms with Gasteiger partial charge in [0.15, 0.2) is 0 Å². The molecule has 0 spiro atoms. The second-order valence-electron chi connectivity index (χ2n) is 9.26. The van der Waals surface area contributed by atoms with E-state index in [2.05, 4.69) is 59.5 Å². The summed E-state index contributed by atoms with van der Waals surface area (Å²) in [5, 5.41) is 8.63. The first-order valence-corrected chi connectivity index (χ1v) is 13.8. The van der Waals surface area contributed by atoms with Crippen LogP contribution in [0.4, 0.5) is 5.00 Å². The second-order valence-corrected chi connectivity index (χ2v) is 11.4. The number of carbonyl (C=O) groups is 1. The first-order chi connectivity index (χ1) is 17.0. The van der Waals surface area contributed by atoms with Gasteiger partial charge >= 0.3 is 0 Å². The number of hydrogen-bond acceptors (Lipinski definition) is 7. The van der Waals surface area contributed by atoms with Crippen LogP contribution in [0.25, 0.3) is 20.8 Å². The number of amides is 1. The van der Waals surface area contributed by atoms with Gasteiger partial charge in [-0.1, -0.05) is 12.1 Å². The van der Waals surface area contributed by atoms with Gasteiger partial charge in [0, 0.05) is 61.0 Å². The van der Waals surface area contributed by atoms with Gasteiger partial charge in [0.05, 0.1) is 10.2 Å². The van der Waals surface area contributed by atoms with Gasteiger partial charge in [-0.05, 0) is 62.6 Å². The van der Waals surface area contributed by atoms with E-state index in [1.807, 2.05) is 18.2 Å². The van der Waals surface area contributed by atoms with Gasteiger partial charge in [-0.3, -0.25) is 14.7 Å². The van der Waals surface area contributed by atoms with Gasteiger partial charge < -0.3 is 10.6 Å². The Morgan fingerprint density at radius 2 is 1.91 bits per heavy atom. The highest BCUT2D eigenvalue weighted by atomic mass is 32.1. The molecular weight excluding hydrogens is 474 g/mol. The molecule has 4 aromatic rings. The summed E-state index contributed by atoms with van der Waals surface area (Å²) in [6.07, 6.45) is 4.98. The molecule has 1 aliphatic rings. The summed E-state index contributed by atoms with van der Waals surface area (Å²) in [4.78, 5) is 25.9. The summed E-state index contributed by atoms with van der Waals surface area (Å²) in [6, 6.07) is 12.9. The number of thiazole rings is 1. The maximum Gasteiger partial charge on any atom is 0.226 e. The van der Waals surface area contributed by atoms with Gasteiger partial charge in [-0.2, -0.15) is 0 Å². The van der Waals surface area contributed by atoms with E-state index in [1.54, 1.807) is 35.1 Å². The van der Waals surface area contributed by atoms with Gasteiger partial charge in [-0.25, -0.2) is 4.98 Å². The Bertz CT molecular complexity index is 1280. The summed E-state index contributed by atoms with van der Waals surface area (Å²) in [6.45, 7) is 9.16. The number of aromatic nitrogens is 2. The van der Waals surface area contributed by atoms with Crippen LogP contribution in [0.1, 0.15) is 49.2 Å². The van der Waals surface area contributed by atoms with Crippen LogP contribution < -0.4 is 10.6 Å². The van der Waals surface area contributed by atoms with Crippen LogP contribution in [0.15, 0.2) is 48.8 Å². The van der Waals surface area contributed by atoms with E-state index in [4.69, 9.17) is 4.98 Å². The zero-order chi connectivity index (χ0) is 24.4. The fourth-order valence-electron chi connectivity index (χ4n) is 4.52. The lowest BCUT2D eigenvalue weighted by Gasteiger charge is -2.30. The van der Waals surface area contributed by atoms with E-state index >= 15 is 0 Å². The molecule has 2 N–H and O–H groups in total. The number of carbonyl (C=O) groups excluding carboxylic acids is 1. The lowest BCUT2D eigenvalue weighted by Crippen LogP contribution is -2.35. The van der Waals surface area contributed by atoms with Gasteiger partial charge in [0.1, 0.15) is 10.0 Å². The van der Waals surface area contributed by atoms with Crippen molar-refractivity contribution in [2.45, 2.75) is 52.2 Å². The molecule has 1 aromatic carbocycles. The van der Waals surface area contributed by atoms with Crippen LogP contribution in [0.3, 0.4) is 0 Å². The van der Waals surface area contributed by atoms with E-state index in [9.17, 15) is 4.79 Å². The normalized spacial score (nSPS) is 14.9. The number of hydrogen-bond donors (Lipinski definition) is 2. The number of fused-ring (bicyclic) bond motifs is 2. The van der Waals surface area contributed by atoms with E-state index in [0.717, 1.165) is 40.6 Å². The summed E-state index contributed by atoms with van der Waals surface area (Å²) in [7, 11) is 0. The molecule has 4 heterocycles. The molecule has 0 radical (unpaired) electrons. The molecule has 1 atom stereocenters. The Morgan fingerprint density at radius 1 is 1.11 bits per heavy atom. The molecule has 0 saturated heterocycles. The Balaban J connectivity index is 1.35. The summed E-state index contributed by atoms with van der Waals surface area (Å²) in [5.74, 6) is 0.0288. The molecule has 0 bridgehead atoms. The van der Waals surface area contributed by atoms with Crippen molar-refractivity contribution in [3.05, 3.63) is 64.8 Å². The average molecular weight is 506 g/mol. The third-order valence-electron chi connectivity index (χ3n) is 6.59. The molecule has 3 aromatic heterocycles. The lowest BCUT2D eigenvalue weighted by molar-refractivity contribution is -0.116. The highest BCUT2D eigenvalue weighted by Crippen LogP contribution is 2.45. The summed E-state index contributed by atoms with van der Waals surface area (Å²) in [5.41, 5.74) is 4.66. The van der Waals surface area contributed by atoms with Gasteiger partial charge in [0.25, 0.3) is 0 Å². The predicted octanol–water partition coefficient (Wildman–Crippen LogP) is 5.87. The van der Waals surface area contributed by atoms with Crippen LogP contribution in [-0.2, 0) is 17.8 Å². The van der Waals surface area contributed by atoms with Crippen molar-refractivity contribution in [3.8, 4) is 10.6 Å². The number of benzene rings is 1. The first-order valence-electron chi connectivity index (χ1n) is 12.2. The molecule has 35 heavy (non-hydrogen) atoms. The number of pyridine rings is 1. The molecule has 0 fully saturated rings. The third kappa shape index (κ3) is 5.30. The SMILES string of the molecule is CC(NCCC(=O)Nc1sc2c(c1-c1nc3ccccc3s1)CCN(C(C)C)C2)c1ccncc1. The van der Waals surface area contributed by atoms with Crippen LogP contribution in [0.5, 0.6) is 0 Å². The van der Waals surface area contributed by atoms with Gasteiger partial charge in [-0.15, -0.1) is 22.7 Å². The van der Waals surface area contributed by atoms with Crippen molar-refractivity contribution in [2.24, 2.45) is 0 Å². The fourth-order valence-corrected chi connectivity index (χ4v) is 6.92. The molecule has 182 valence electrons. The summed E-state index contributed by atoms with van der Waals surface area (Å²) < 4.78 is 1.17. The lowest BCUT2D eigenvalue weighted by atomic mass is 10.0. The number of thiophene rings is 1. The van der Waals surface area contributed by atoms with Crippen LogP contribution >= 0.6 is 22.7 Å². The molecular formula is C27H31N5OS2. The zero-order valence-electron chi connectivity index (χ0n) is 20.4. The van der Waals surface area contributed by atoms with Crippen molar-refractivity contribution in [2.75, 3.05) is 18.4 Å². The highest BCUT2D eigenvalue weighted by Gasteiger charge is 2.28. The monoisotopic (exact) mass is 505 g/mol. The predicted molar refractivity (Wildman–Crippen MR) is 146 cm³/mol. The molecule has 1 amide bonds. The standard InChI is InChI=1S/C27H31N5OS2/c1-17(2)32-15-11-20-23(16-32)35-27(25(20)26-30-21-6-4-5-7-22(21)34-26)31-24(33)10-14-29-18(3)19-8-12-28-13-9-19/h4-9,12-13,17-18,29H,10-11,14-16H2,1-3H3,(H,31,33). The third-order valence-corrected chi connectivity index (χ3v) is 8.77. The molecule has 8 heteroatoms. The molecule has 6 nitrogen and oxygen atoms in total. The smallest absolute Gasteiger partial charge is 0.226 e. The van der Waals surface area contributed by atoms with Crippen LogP contribution in [-0.4, -0.2) is 39.9 Å². The Morgan fingerprint density at radius 3 is 2.69 bits per heavy atom. The molecule has 1 aliphatic heterocycles. The maximum atomic E-state index is 13.0. The van der Waals surface area contributed by atoms with Crippen molar-refractivity contribution in [3.63, 3.8) is 0 Å². The Kier molecular flexibility index (Phi) is 7.24. The Hall–Kier alpha value is -2.65.